The van der Waals surface area contributed by atoms with Crippen LogP contribution in [0.25, 0.3) is 0 Å². The molecule has 1 atom stereocenters. The van der Waals surface area contributed by atoms with Crippen LogP contribution in [0.5, 0.6) is 0 Å². The van der Waals surface area contributed by atoms with Crippen molar-refractivity contribution in [2.75, 3.05) is 5.32 Å². The maximum Gasteiger partial charge on any atom is 0.252 e. The topological polar surface area (TPSA) is 101 Å². The number of hydrogen-bond donors (Lipinski definition) is 3. The Balaban J connectivity index is 2.16. The molecular formula is C14H17N3O3. The Bertz CT molecular complexity index is 581. The molecule has 2 rings (SSSR count). The van der Waals surface area contributed by atoms with E-state index in [2.05, 4.69) is 10.6 Å². The largest absolute Gasteiger partial charge is 0.368 e. The monoisotopic (exact) mass is 275 g/mol. The van der Waals surface area contributed by atoms with E-state index in [1.54, 1.807) is 32.0 Å². The number of rotatable bonds is 4. The second-order valence-electron chi connectivity index (χ2n) is 5.19. The van der Waals surface area contributed by atoms with Gasteiger partial charge in [-0.2, -0.15) is 0 Å². The molecule has 6 heteroatoms. The zero-order chi connectivity index (χ0) is 14.9. The first-order chi connectivity index (χ1) is 9.38. The van der Waals surface area contributed by atoms with E-state index in [0.717, 1.165) is 5.56 Å². The third-order valence-electron chi connectivity index (χ3n) is 3.26. The summed E-state index contributed by atoms with van der Waals surface area (Å²) in [5.41, 5.74) is 7.15. The van der Waals surface area contributed by atoms with Crippen molar-refractivity contribution >= 4 is 23.4 Å². The highest BCUT2D eigenvalue weighted by Crippen LogP contribution is 2.24. The van der Waals surface area contributed by atoms with Crippen LogP contribution in [0, 0.1) is 5.92 Å². The second kappa shape index (κ2) is 5.32. The average molecular weight is 275 g/mol. The van der Waals surface area contributed by atoms with Crippen molar-refractivity contribution in [2.24, 2.45) is 11.7 Å². The lowest BCUT2D eigenvalue weighted by Crippen LogP contribution is -2.47. The van der Waals surface area contributed by atoms with E-state index in [0.29, 0.717) is 17.7 Å². The lowest BCUT2D eigenvalue weighted by Gasteiger charge is -2.19. The molecule has 1 aliphatic rings. The Morgan fingerprint density at radius 2 is 2.05 bits per heavy atom. The first-order valence-corrected chi connectivity index (χ1v) is 6.41. The fourth-order valence-electron chi connectivity index (χ4n) is 2.15. The molecule has 1 aliphatic heterocycles. The second-order valence-corrected chi connectivity index (χ2v) is 5.19. The quantitative estimate of drug-likeness (QED) is 0.742. The van der Waals surface area contributed by atoms with Gasteiger partial charge in [-0.1, -0.05) is 19.9 Å². The molecule has 6 nitrogen and oxygen atoms in total. The molecule has 1 aromatic rings. The van der Waals surface area contributed by atoms with Crippen LogP contribution in [-0.2, 0) is 16.0 Å². The van der Waals surface area contributed by atoms with Crippen molar-refractivity contribution in [1.82, 2.24) is 5.32 Å². The zero-order valence-electron chi connectivity index (χ0n) is 11.4. The predicted molar refractivity (Wildman–Crippen MR) is 74.1 cm³/mol. The van der Waals surface area contributed by atoms with Gasteiger partial charge >= 0.3 is 0 Å². The van der Waals surface area contributed by atoms with E-state index in [9.17, 15) is 14.4 Å². The Morgan fingerprint density at radius 1 is 1.35 bits per heavy atom. The first-order valence-electron chi connectivity index (χ1n) is 6.41. The van der Waals surface area contributed by atoms with Gasteiger partial charge in [-0.05, 0) is 23.6 Å². The summed E-state index contributed by atoms with van der Waals surface area (Å²) in [7, 11) is 0. The minimum absolute atomic E-state index is 0.0882. The number of nitrogens with two attached hydrogens (primary N) is 1. The van der Waals surface area contributed by atoms with E-state index >= 15 is 0 Å². The van der Waals surface area contributed by atoms with Gasteiger partial charge in [-0.3, -0.25) is 14.4 Å². The molecule has 0 saturated carbocycles. The van der Waals surface area contributed by atoms with Crippen LogP contribution in [0.3, 0.4) is 0 Å². The Kier molecular flexibility index (Phi) is 3.74. The molecule has 0 aromatic heterocycles. The fourth-order valence-corrected chi connectivity index (χ4v) is 2.15. The maximum atomic E-state index is 12.1. The van der Waals surface area contributed by atoms with Gasteiger partial charge < -0.3 is 16.4 Å². The fraction of sp³-hybridized carbons (Fsp3) is 0.357. The molecule has 106 valence electrons. The highest BCUT2D eigenvalue weighted by atomic mass is 16.2. The number of benzene rings is 1. The molecule has 0 aliphatic carbocycles. The zero-order valence-corrected chi connectivity index (χ0v) is 11.4. The lowest BCUT2D eigenvalue weighted by molar-refractivity contribution is -0.120. The average Bonchev–Trinajstić information content (AvgIpc) is 2.73. The van der Waals surface area contributed by atoms with E-state index < -0.39 is 11.9 Å². The molecule has 0 fully saturated rings. The van der Waals surface area contributed by atoms with Crippen molar-refractivity contribution in [3.8, 4) is 0 Å². The normalized spacial score (nSPS) is 14.7. The Labute approximate surface area is 116 Å². The van der Waals surface area contributed by atoms with Crippen LogP contribution in [0.4, 0.5) is 5.69 Å². The van der Waals surface area contributed by atoms with Crippen molar-refractivity contribution in [3.63, 3.8) is 0 Å². The third-order valence-corrected chi connectivity index (χ3v) is 3.26. The minimum atomic E-state index is -0.717. The number of fused-ring (bicyclic) bond motifs is 1. The van der Waals surface area contributed by atoms with Gasteiger partial charge in [0, 0.05) is 11.3 Å². The molecule has 1 aromatic carbocycles. The van der Waals surface area contributed by atoms with Crippen LogP contribution >= 0.6 is 0 Å². The standard InChI is InChI=1S/C14H17N3O3/c1-7(2)12(13(15)19)17-14(20)9-4-3-8-6-11(18)16-10(8)5-9/h3-5,7,12H,6H2,1-2H3,(H2,15,19)(H,16,18)(H,17,20). The van der Waals surface area contributed by atoms with Crippen molar-refractivity contribution in [1.29, 1.82) is 0 Å². The van der Waals surface area contributed by atoms with Gasteiger partial charge in [0.05, 0.1) is 6.42 Å². The predicted octanol–water partition coefficient (Wildman–Crippen LogP) is 0.421. The number of anilines is 1. The molecule has 0 bridgehead atoms. The molecule has 3 amide bonds. The molecule has 1 heterocycles. The van der Waals surface area contributed by atoms with Gasteiger partial charge in [0.1, 0.15) is 6.04 Å². The van der Waals surface area contributed by atoms with Crippen LogP contribution in [-0.4, -0.2) is 23.8 Å². The Hall–Kier alpha value is -2.37. The third kappa shape index (κ3) is 2.79. The number of primary amides is 1. The van der Waals surface area contributed by atoms with Gasteiger partial charge in [0.15, 0.2) is 0 Å². The van der Waals surface area contributed by atoms with Crippen molar-refractivity contribution in [2.45, 2.75) is 26.3 Å². The van der Waals surface area contributed by atoms with Crippen LogP contribution in [0.15, 0.2) is 18.2 Å². The van der Waals surface area contributed by atoms with Gasteiger partial charge in [-0.15, -0.1) is 0 Å². The number of hydrogen-bond acceptors (Lipinski definition) is 3. The highest BCUT2D eigenvalue weighted by Gasteiger charge is 2.24. The van der Waals surface area contributed by atoms with Crippen LogP contribution < -0.4 is 16.4 Å². The van der Waals surface area contributed by atoms with E-state index in [-0.39, 0.29) is 17.7 Å². The van der Waals surface area contributed by atoms with Gasteiger partial charge in [-0.25, -0.2) is 0 Å². The molecule has 0 spiro atoms. The SMILES string of the molecule is CC(C)C(NC(=O)c1ccc2c(c1)NC(=O)C2)C(N)=O. The molecule has 20 heavy (non-hydrogen) atoms. The molecular weight excluding hydrogens is 258 g/mol. The van der Waals surface area contributed by atoms with Crippen molar-refractivity contribution < 1.29 is 14.4 Å². The lowest BCUT2D eigenvalue weighted by atomic mass is 10.0. The summed E-state index contributed by atoms with van der Waals surface area (Å²) >= 11 is 0. The minimum Gasteiger partial charge on any atom is -0.368 e. The van der Waals surface area contributed by atoms with E-state index in [1.165, 1.54) is 0 Å². The van der Waals surface area contributed by atoms with Gasteiger partial charge in [0.2, 0.25) is 11.8 Å². The maximum absolute atomic E-state index is 12.1. The summed E-state index contributed by atoms with van der Waals surface area (Å²) in [6.07, 6.45) is 0.327. The van der Waals surface area contributed by atoms with Crippen molar-refractivity contribution in [3.05, 3.63) is 29.3 Å². The number of amides is 3. The summed E-state index contributed by atoms with van der Waals surface area (Å²) in [4.78, 5) is 34.7. The summed E-state index contributed by atoms with van der Waals surface area (Å²) in [6.45, 7) is 3.61. The summed E-state index contributed by atoms with van der Waals surface area (Å²) in [5, 5.41) is 5.29. The first kappa shape index (κ1) is 14.0. The summed E-state index contributed by atoms with van der Waals surface area (Å²) in [6, 6.07) is 4.25. The smallest absolute Gasteiger partial charge is 0.252 e. The van der Waals surface area contributed by atoms with Crippen LogP contribution in [0.1, 0.15) is 29.8 Å². The molecule has 1 unspecified atom stereocenters. The van der Waals surface area contributed by atoms with Gasteiger partial charge in [0.25, 0.3) is 5.91 Å². The number of carbonyl (C=O) groups is 3. The highest BCUT2D eigenvalue weighted by molar-refractivity contribution is 6.03. The van der Waals surface area contributed by atoms with Crippen LogP contribution in [0.2, 0.25) is 0 Å². The molecule has 0 radical (unpaired) electrons. The summed E-state index contributed by atoms with van der Waals surface area (Å²) in [5.74, 6) is -1.13. The van der Waals surface area contributed by atoms with E-state index in [4.69, 9.17) is 5.73 Å². The number of nitrogens with one attached hydrogen (secondary N) is 2. The summed E-state index contributed by atoms with van der Waals surface area (Å²) < 4.78 is 0. The number of carbonyl (C=O) groups excluding carboxylic acids is 3. The molecule has 4 N–H and O–H groups in total. The Morgan fingerprint density at radius 3 is 2.65 bits per heavy atom. The van der Waals surface area contributed by atoms with E-state index in [1.807, 2.05) is 0 Å². The molecule has 0 saturated heterocycles.